The summed E-state index contributed by atoms with van der Waals surface area (Å²) in [7, 11) is -3.51. The zero-order chi connectivity index (χ0) is 17.9. The summed E-state index contributed by atoms with van der Waals surface area (Å²) in [6, 6.07) is 9.20. The number of benzene rings is 2. The SMILES string of the molecule is Cc1ccc(S(=O)(=O)NCCOc2c(C)ccc(C)c2C)cc1C. The lowest BCUT2D eigenvalue weighted by Crippen LogP contribution is -2.28. The molecule has 0 bridgehead atoms. The molecule has 2 aromatic rings. The van der Waals surface area contributed by atoms with Gasteiger partial charge in [0.15, 0.2) is 0 Å². The van der Waals surface area contributed by atoms with Crippen molar-refractivity contribution in [2.45, 2.75) is 39.5 Å². The van der Waals surface area contributed by atoms with Gasteiger partial charge in [-0.15, -0.1) is 0 Å². The van der Waals surface area contributed by atoms with E-state index in [4.69, 9.17) is 4.74 Å². The smallest absolute Gasteiger partial charge is 0.240 e. The fraction of sp³-hybridized carbons (Fsp3) is 0.368. The summed E-state index contributed by atoms with van der Waals surface area (Å²) in [6.45, 7) is 10.4. The Morgan fingerprint density at radius 1 is 0.875 bits per heavy atom. The molecule has 130 valence electrons. The average Bonchev–Trinajstić information content (AvgIpc) is 2.53. The van der Waals surface area contributed by atoms with Crippen molar-refractivity contribution in [1.82, 2.24) is 4.72 Å². The average molecular weight is 347 g/mol. The quantitative estimate of drug-likeness (QED) is 0.813. The number of nitrogens with one attached hydrogen (secondary N) is 1. The predicted octanol–water partition coefficient (Wildman–Crippen LogP) is 3.59. The van der Waals surface area contributed by atoms with Gasteiger partial charge in [0.1, 0.15) is 12.4 Å². The minimum Gasteiger partial charge on any atom is -0.492 e. The predicted molar refractivity (Wildman–Crippen MR) is 97.3 cm³/mol. The van der Waals surface area contributed by atoms with E-state index in [1.807, 2.05) is 46.8 Å². The maximum atomic E-state index is 12.3. The van der Waals surface area contributed by atoms with Crippen LogP contribution in [0.25, 0.3) is 0 Å². The van der Waals surface area contributed by atoms with Gasteiger partial charge in [-0.05, 0) is 74.6 Å². The number of hydrogen-bond donors (Lipinski definition) is 1. The Morgan fingerprint density at radius 3 is 2.17 bits per heavy atom. The fourth-order valence-corrected chi connectivity index (χ4v) is 3.54. The zero-order valence-electron chi connectivity index (χ0n) is 14.9. The molecule has 0 saturated heterocycles. The minimum absolute atomic E-state index is 0.224. The van der Waals surface area contributed by atoms with Crippen LogP contribution in [0.15, 0.2) is 35.2 Å². The lowest BCUT2D eigenvalue weighted by atomic mass is 10.1. The molecule has 0 atom stereocenters. The van der Waals surface area contributed by atoms with Gasteiger partial charge >= 0.3 is 0 Å². The lowest BCUT2D eigenvalue weighted by Gasteiger charge is -2.14. The molecule has 2 aromatic carbocycles. The molecule has 4 nitrogen and oxygen atoms in total. The van der Waals surface area contributed by atoms with Gasteiger partial charge < -0.3 is 4.74 Å². The van der Waals surface area contributed by atoms with Crippen LogP contribution in [0.4, 0.5) is 0 Å². The highest BCUT2D eigenvalue weighted by Crippen LogP contribution is 2.25. The summed E-state index contributed by atoms with van der Waals surface area (Å²) in [5.74, 6) is 0.834. The van der Waals surface area contributed by atoms with Crippen molar-refractivity contribution in [1.29, 1.82) is 0 Å². The van der Waals surface area contributed by atoms with Crippen LogP contribution in [0.2, 0.25) is 0 Å². The van der Waals surface area contributed by atoms with E-state index in [0.29, 0.717) is 0 Å². The van der Waals surface area contributed by atoms with Crippen molar-refractivity contribution < 1.29 is 13.2 Å². The fourth-order valence-electron chi connectivity index (χ4n) is 2.44. The van der Waals surface area contributed by atoms with Crippen LogP contribution < -0.4 is 9.46 Å². The molecular weight excluding hydrogens is 322 g/mol. The van der Waals surface area contributed by atoms with E-state index in [1.165, 1.54) is 0 Å². The third-order valence-corrected chi connectivity index (χ3v) is 5.76. The van der Waals surface area contributed by atoms with Gasteiger partial charge in [-0.25, -0.2) is 13.1 Å². The second kappa shape index (κ2) is 7.36. The highest BCUT2D eigenvalue weighted by atomic mass is 32.2. The van der Waals surface area contributed by atoms with Crippen LogP contribution in [-0.4, -0.2) is 21.6 Å². The molecule has 0 aromatic heterocycles. The van der Waals surface area contributed by atoms with E-state index < -0.39 is 10.0 Å². The Labute approximate surface area is 144 Å². The maximum Gasteiger partial charge on any atom is 0.240 e. The number of aryl methyl sites for hydroxylation is 4. The van der Waals surface area contributed by atoms with Gasteiger partial charge in [0.2, 0.25) is 10.0 Å². The Hall–Kier alpha value is -1.85. The summed E-state index contributed by atoms with van der Waals surface area (Å²) in [6.07, 6.45) is 0. The Balaban J connectivity index is 1.99. The topological polar surface area (TPSA) is 55.4 Å². The molecule has 0 heterocycles. The van der Waals surface area contributed by atoms with E-state index in [0.717, 1.165) is 33.6 Å². The van der Waals surface area contributed by atoms with Crippen LogP contribution in [0, 0.1) is 34.6 Å². The third-order valence-electron chi connectivity index (χ3n) is 4.30. The van der Waals surface area contributed by atoms with Crippen molar-refractivity contribution in [3.63, 3.8) is 0 Å². The molecule has 5 heteroatoms. The van der Waals surface area contributed by atoms with Crippen LogP contribution in [0.5, 0.6) is 5.75 Å². The van der Waals surface area contributed by atoms with Crippen LogP contribution >= 0.6 is 0 Å². The maximum absolute atomic E-state index is 12.3. The summed E-state index contributed by atoms with van der Waals surface area (Å²) in [5, 5.41) is 0. The standard InChI is InChI=1S/C19H25NO3S/c1-13-8-9-18(12-16(13)4)24(21,22)20-10-11-23-19-15(3)7-6-14(2)17(19)5/h6-9,12,20H,10-11H2,1-5H3. The zero-order valence-corrected chi connectivity index (χ0v) is 15.8. The van der Waals surface area contributed by atoms with Gasteiger partial charge in [0, 0.05) is 6.54 Å². The second-order valence-corrected chi connectivity index (χ2v) is 7.91. The van der Waals surface area contributed by atoms with Gasteiger partial charge in [0.25, 0.3) is 0 Å². The molecule has 0 unspecified atom stereocenters. The van der Waals surface area contributed by atoms with Crippen molar-refractivity contribution in [3.8, 4) is 5.75 Å². The highest BCUT2D eigenvalue weighted by Gasteiger charge is 2.14. The van der Waals surface area contributed by atoms with Crippen LogP contribution in [0.3, 0.4) is 0 Å². The number of hydrogen-bond acceptors (Lipinski definition) is 3. The highest BCUT2D eigenvalue weighted by molar-refractivity contribution is 7.89. The van der Waals surface area contributed by atoms with E-state index in [9.17, 15) is 8.42 Å². The molecule has 0 aliphatic carbocycles. The first-order chi connectivity index (χ1) is 11.2. The molecule has 0 aliphatic heterocycles. The van der Waals surface area contributed by atoms with Crippen LogP contribution in [-0.2, 0) is 10.0 Å². The number of rotatable bonds is 6. The summed E-state index contributed by atoms with van der Waals surface area (Å²) in [5.41, 5.74) is 5.33. The van der Waals surface area contributed by atoms with Crippen molar-refractivity contribution in [2.75, 3.05) is 13.2 Å². The van der Waals surface area contributed by atoms with Gasteiger partial charge in [-0.1, -0.05) is 18.2 Å². The van der Waals surface area contributed by atoms with Crippen molar-refractivity contribution in [2.24, 2.45) is 0 Å². The Kier molecular flexibility index (Phi) is 5.67. The van der Waals surface area contributed by atoms with E-state index in [-0.39, 0.29) is 18.0 Å². The Morgan fingerprint density at radius 2 is 1.50 bits per heavy atom. The molecule has 0 fully saturated rings. The van der Waals surface area contributed by atoms with Gasteiger partial charge in [0.05, 0.1) is 4.90 Å². The van der Waals surface area contributed by atoms with E-state index in [2.05, 4.69) is 10.8 Å². The van der Waals surface area contributed by atoms with Gasteiger partial charge in [-0.3, -0.25) is 0 Å². The lowest BCUT2D eigenvalue weighted by molar-refractivity contribution is 0.318. The first-order valence-electron chi connectivity index (χ1n) is 7.99. The number of ether oxygens (including phenoxy) is 1. The first kappa shape index (κ1) is 18.5. The largest absolute Gasteiger partial charge is 0.492 e. The molecule has 0 saturated carbocycles. The summed E-state index contributed by atoms with van der Waals surface area (Å²) >= 11 is 0. The number of sulfonamides is 1. The second-order valence-electron chi connectivity index (χ2n) is 6.15. The summed E-state index contributed by atoms with van der Waals surface area (Å²) in [4.78, 5) is 0.286. The molecule has 24 heavy (non-hydrogen) atoms. The molecular formula is C19H25NO3S. The van der Waals surface area contributed by atoms with Crippen molar-refractivity contribution in [3.05, 3.63) is 58.1 Å². The molecule has 0 radical (unpaired) electrons. The third kappa shape index (κ3) is 4.16. The monoisotopic (exact) mass is 347 g/mol. The van der Waals surface area contributed by atoms with Gasteiger partial charge in [-0.2, -0.15) is 0 Å². The first-order valence-corrected chi connectivity index (χ1v) is 9.47. The molecule has 0 spiro atoms. The Bertz CT molecular complexity index is 842. The van der Waals surface area contributed by atoms with E-state index >= 15 is 0 Å². The van der Waals surface area contributed by atoms with E-state index in [1.54, 1.807) is 12.1 Å². The molecule has 2 rings (SSSR count). The van der Waals surface area contributed by atoms with Crippen molar-refractivity contribution >= 4 is 10.0 Å². The minimum atomic E-state index is -3.51. The molecule has 1 N–H and O–H groups in total. The van der Waals surface area contributed by atoms with Crippen LogP contribution in [0.1, 0.15) is 27.8 Å². The summed E-state index contributed by atoms with van der Waals surface area (Å²) < 4.78 is 33.0. The molecule has 0 aliphatic rings. The normalized spacial score (nSPS) is 11.5. The molecule has 0 amide bonds.